The summed E-state index contributed by atoms with van der Waals surface area (Å²) < 4.78 is 26.2. The normalized spacial score (nSPS) is 11.5. The molecule has 0 spiro atoms. The molecule has 0 saturated carbocycles. The highest BCUT2D eigenvalue weighted by Crippen LogP contribution is 2.19. The fraction of sp³-hybridized carbons (Fsp3) is 0.308. The van der Waals surface area contributed by atoms with Gasteiger partial charge in [-0.3, -0.25) is 4.79 Å². The molecule has 0 aliphatic heterocycles. The average Bonchev–Trinajstić information content (AvgIpc) is 2.78. The van der Waals surface area contributed by atoms with Crippen LogP contribution in [0.5, 0.6) is 0 Å². The molecule has 1 aromatic carbocycles. The van der Waals surface area contributed by atoms with E-state index in [4.69, 9.17) is 0 Å². The van der Waals surface area contributed by atoms with Crippen molar-refractivity contribution in [3.63, 3.8) is 0 Å². The van der Waals surface area contributed by atoms with Crippen molar-refractivity contribution >= 4 is 27.4 Å². The quantitative estimate of drug-likeness (QED) is 0.748. The molecule has 112 valence electrons. The zero-order valence-corrected chi connectivity index (χ0v) is 13.3. The van der Waals surface area contributed by atoms with E-state index in [1.54, 1.807) is 41.9 Å². The number of carbonyl (C=O) groups is 1. The summed E-state index contributed by atoms with van der Waals surface area (Å²) in [5.41, 5.74) is 0. The van der Waals surface area contributed by atoms with Crippen molar-refractivity contribution in [2.24, 2.45) is 7.05 Å². The first-order valence-corrected chi connectivity index (χ1v) is 8.82. The zero-order valence-electron chi connectivity index (χ0n) is 11.7. The molecule has 2 rings (SSSR count). The monoisotopic (exact) mass is 325 g/mol. The Bertz CT molecular complexity index is 739. The largest absolute Gasteiger partial charge is 0.308 e. The zero-order chi connectivity index (χ0) is 15.5. The molecule has 2 aromatic rings. The van der Waals surface area contributed by atoms with Crippen LogP contribution in [0.2, 0.25) is 0 Å². The van der Waals surface area contributed by atoms with E-state index in [0.29, 0.717) is 11.0 Å². The van der Waals surface area contributed by atoms with Crippen molar-refractivity contribution in [2.75, 3.05) is 5.75 Å². The number of Topliss-reactive ketones (excluding diaryl/α,β-unsaturated/α-hetero) is 1. The van der Waals surface area contributed by atoms with Gasteiger partial charge >= 0.3 is 0 Å². The molecule has 0 saturated heterocycles. The molecule has 0 amide bonds. The number of carbonyl (C=O) groups excluding carboxylic acids is 1. The fourth-order valence-electron chi connectivity index (χ4n) is 1.64. The molecule has 8 heteroatoms. The first kappa shape index (κ1) is 15.7. The van der Waals surface area contributed by atoms with Gasteiger partial charge in [0.05, 0.1) is 10.6 Å². The number of hydrogen-bond donors (Lipinski definition) is 0. The number of ketones is 1. The molecule has 6 nitrogen and oxygen atoms in total. The summed E-state index contributed by atoms with van der Waals surface area (Å²) in [5.74, 6) is 0.449. The van der Waals surface area contributed by atoms with E-state index in [9.17, 15) is 13.2 Å². The van der Waals surface area contributed by atoms with Gasteiger partial charge in [-0.1, -0.05) is 30.0 Å². The second kappa shape index (κ2) is 6.40. The van der Waals surface area contributed by atoms with E-state index < -0.39 is 9.84 Å². The lowest BCUT2D eigenvalue weighted by molar-refractivity contribution is -0.114. The summed E-state index contributed by atoms with van der Waals surface area (Å²) >= 11 is 1.24. The molecule has 1 aromatic heterocycles. The third-order valence-corrected chi connectivity index (χ3v) is 5.54. The summed E-state index contributed by atoms with van der Waals surface area (Å²) in [5, 5.41) is 8.36. The number of benzene rings is 1. The SMILES string of the molecule is CC(=O)CSc1nnc(CS(=O)(=O)c2ccccc2)n1C. The minimum atomic E-state index is -3.45. The average molecular weight is 325 g/mol. The number of hydrogen-bond acceptors (Lipinski definition) is 6. The van der Waals surface area contributed by atoms with Crippen LogP contribution in [0.3, 0.4) is 0 Å². The third kappa shape index (κ3) is 3.92. The Labute approximate surface area is 127 Å². The van der Waals surface area contributed by atoms with Crippen LogP contribution in [0.4, 0.5) is 0 Å². The van der Waals surface area contributed by atoms with Crippen LogP contribution in [0.25, 0.3) is 0 Å². The molecule has 21 heavy (non-hydrogen) atoms. The van der Waals surface area contributed by atoms with Gasteiger partial charge in [-0.25, -0.2) is 8.42 Å². The van der Waals surface area contributed by atoms with E-state index in [1.807, 2.05) is 0 Å². The maximum atomic E-state index is 12.3. The molecular formula is C13H15N3O3S2. The van der Waals surface area contributed by atoms with Crippen LogP contribution in [-0.2, 0) is 27.4 Å². The Kier molecular flexibility index (Phi) is 4.79. The molecule has 0 radical (unpaired) electrons. The maximum Gasteiger partial charge on any atom is 0.191 e. The molecule has 0 atom stereocenters. The first-order chi connectivity index (χ1) is 9.90. The molecule has 0 N–H and O–H groups in total. The number of thioether (sulfide) groups is 1. The van der Waals surface area contributed by atoms with Crippen molar-refractivity contribution in [3.05, 3.63) is 36.2 Å². The summed E-state index contributed by atoms with van der Waals surface area (Å²) in [6.07, 6.45) is 0. The van der Waals surface area contributed by atoms with Gasteiger partial charge in [0.1, 0.15) is 17.4 Å². The second-order valence-corrected chi connectivity index (χ2v) is 7.45. The molecule has 0 aliphatic carbocycles. The van der Waals surface area contributed by atoms with Crippen LogP contribution < -0.4 is 0 Å². The number of sulfone groups is 1. The van der Waals surface area contributed by atoms with E-state index in [2.05, 4.69) is 10.2 Å². The molecule has 0 bridgehead atoms. The Morgan fingerprint density at radius 3 is 2.52 bits per heavy atom. The predicted molar refractivity (Wildman–Crippen MR) is 79.7 cm³/mol. The Hall–Kier alpha value is -1.67. The van der Waals surface area contributed by atoms with Crippen LogP contribution >= 0.6 is 11.8 Å². The van der Waals surface area contributed by atoms with Gasteiger partial charge in [-0.2, -0.15) is 0 Å². The summed E-state index contributed by atoms with van der Waals surface area (Å²) in [6, 6.07) is 8.22. The van der Waals surface area contributed by atoms with Gasteiger partial charge < -0.3 is 4.57 Å². The molecular weight excluding hydrogens is 310 g/mol. The minimum absolute atomic E-state index is 0.0291. The van der Waals surface area contributed by atoms with Crippen molar-refractivity contribution < 1.29 is 13.2 Å². The fourth-order valence-corrected chi connectivity index (χ4v) is 3.70. The summed E-state index contributed by atoms with van der Waals surface area (Å²) in [7, 11) is -1.76. The Morgan fingerprint density at radius 2 is 1.90 bits per heavy atom. The topological polar surface area (TPSA) is 81.9 Å². The van der Waals surface area contributed by atoms with E-state index in [-0.39, 0.29) is 22.2 Å². The van der Waals surface area contributed by atoms with E-state index in [1.165, 1.54) is 18.7 Å². The maximum absolute atomic E-state index is 12.3. The van der Waals surface area contributed by atoms with Crippen LogP contribution in [0.15, 0.2) is 40.4 Å². The summed E-state index contributed by atoms with van der Waals surface area (Å²) in [6.45, 7) is 1.49. The van der Waals surface area contributed by atoms with Gasteiger partial charge in [-0.05, 0) is 19.1 Å². The molecule has 1 heterocycles. The van der Waals surface area contributed by atoms with Crippen molar-refractivity contribution in [2.45, 2.75) is 22.7 Å². The van der Waals surface area contributed by atoms with Gasteiger partial charge in [0.2, 0.25) is 0 Å². The predicted octanol–water partition coefficient (Wildman–Crippen LogP) is 1.47. The van der Waals surface area contributed by atoms with Crippen LogP contribution in [0.1, 0.15) is 12.7 Å². The molecule has 0 aliphatic rings. The highest BCUT2D eigenvalue weighted by Gasteiger charge is 2.20. The highest BCUT2D eigenvalue weighted by molar-refractivity contribution is 7.99. The Morgan fingerprint density at radius 1 is 1.24 bits per heavy atom. The minimum Gasteiger partial charge on any atom is -0.308 e. The smallest absolute Gasteiger partial charge is 0.191 e. The van der Waals surface area contributed by atoms with Crippen molar-refractivity contribution in [3.8, 4) is 0 Å². The van der Waals surface area contributed by atoms with Gasteiger partial charge in [-0.15, -0.1) is 10.2 Å². The molecule has 0 unspecified atom stereocenters. The van der Waals surface area contributed by atoms with Gasteiger partial charge in [0, 0.05) is 7.05 Å². The lowest BCUT2D eigenvalue weighted by atomic mass is 10.4. The summed E-state index contributed by atoms with van der Waals surface area (Å²) in [4.78, 5) is 11.2. The third-order valence-electron chi connectivity index (χ3n) is 2.75. The van der Waals surface area contributed by atoms with E-state index in [0.717, 1.165) is 0 Å². The van der Waals surface area contributed by atoms with Crippen molar-refractivity contribution in [1.82, 2.24) is 14.8 Å². The number of aromatic nitrogens is 3. The lowest BCUT2D eigenvalue weighted by Gasteiger charge is -2.05. The van der Waals surface area contributed by atoms with Crippen LogP contribution in [0, 0.1) is 0 Å². The van der Waals surface area contributed by atoms with Gasteiger partial charge in [0.25, 0.3) is 0 Å². The number of rotatable bonds is 6. The standard InChI is InChI=1S/C13H15N3O3S2/c1-10(17)8-20-13-15-14-12(16(13)2)9-21(18,19)11-6-4-3-5-7-11/h3-7H,8-9H2,1-2H3. The molecule has 0 fully saturated rings. The number of nitrogens with zero attached hydrogens (tertiary/aromatic N) is 3. The highest BCUT2D eigenvalue weighted by atomic mass is 32.2. The van der Waals surface area contributed by atoms with Crippen LogP contribution in [-0.4, -0.2) is 34.7 Å². The van der Waals surface area contributed by atoms with Crippen molar-refractivity contribution in [1.29, 1.82) is 0 Å². The first-order valence-electron chi connectivity index (χ1n) is 6.18. The lowest BCUT2D eigenvalue weighted by Crippen LogP contribution is -2.09. The second-order valence-electron chi connectivity index (χ2n) is 4.52. The van der Waals surface area contributed by atoms with E-state index >= 15 is 0 Å². The van der Waals surface area contributed by atoms with Gasteiger partial charge in [0.15, 0.2) is 15.0 Å². The Balaban J connectivity index is 2.19.